The molecule has 0 radical (unpaired) electrons. The first-order valence-corrected chi connectivity index (χ1v) is 9.80. The number of fused-ring (bicyclic) bond motifs is 6. The molecule has 2 aliphatic heterocycles. The number of benzene rings is 4. The fourth-order valence-corrected chi connectivity index (χ4v) is 4.73. The third kappa shape index (κ3) is 2.21. The van der Waals surface area contributed by atoms with E-state index in [4.69, 9.17) is 0 Å². The van der Waals surface area contributed by atoms with E-state index in [1.807, 2.05) is 0 Å². The molecule has 4 aromatic carbocycles. The molecule has 28 heavy (non-hydrogen) atoms. The van der Waals surface area contributed by atoms with Gasteiger partial charge in [-0.1, -0.05) is 84.9 Å². The Balaban J connectivity index is 1.55. The predicted octanol–water partition coefficient (Wildman–Crippen LogP) is 6.65. The molecule has 134 valence electrons. The van der Waals surface area contributed by atoms with Crippen LogP contribution in [0.15, 0.2) is 97.1 Å². The van der Waals surface area contributed by atoms with Gasteiger partial charge in [0.25, 0.3) is 0 Å². The van der Waals surface area contributed by atoms with Gasteiger partial charge < -0.3 is 10.6 Å². The van der Waals surface area contributed by atoms with Crippen LogP contribution >= 0.6 is 0 Å². The summed E-state index contributed by atoms with van der Waals surface area (Å²) >= 11 is 0. The van der Waals surface area contributed by atoms with Crippen molar-refractivity contribution in [1.29, 1.82) is 0 Å². The molecule has 2 N–H and O–H groups in total. The largest absolute Gasteiger partial charge is 0.375 e. The molecule has 6 rings (SSSR count). The average Bonchev–Trinajstić information content (AvgIpc) is 2.78. The molecule has 4 aromatic rings. The highest BCUT2D eigenvalue weighted by atomic mass is 15.0. The molecular formula is C26H20N2. The van der Waals surface area contributed by atoms with E-state index in [1.54, 1.807) is 0 Å². The molecular weight excluding hydrogens is 340 g/mol. The fraction of sp³-hybridized carbons (Fsp3) is 0.0769. The van der Waals surface area contributed by atoms with Crippen LogP contribution in [0.3, 0.4) is 0 Å². The van der Waals surface area contributed by atoms with Gasteiger partial charge in [0, 0.05) is 22.5 Å². The molecule has 2 heteroatoms. The van der Waals surface area contributed by atoms with Gasteiger partial charge in [-0.15, -0.1) is 0 Å². The van der Waals surface area contributed by atoms with Crippen molar-refractivity contribution in [3.05, 3.63) is 108 Å². The highest BCUT2D eigenvalue weighted by Crippen LogP contribution is 2.50. The van der Waals surface area contributed by atoms with E-state index in [0.717, 1.165) is 0 Å². The molecule has 0 aromatic heterocycles. The second-order valence-electron chi connectivity index (χ2n) is 7.51. The summed E-state index contributed by atoms with van der Waals surface area (Å²) in [5.74, 6) is 0. The Hall–Kier alpha value is -3.52. The normalized spacial score (nSPS) is 18.6. The van der Waals surface area contributed by atoms with E-state index in [2.05, 4.69) is 108 Å². The smallest absolute Gasteiger partial charge is 0.0763 e. The summed E-state index contributed by atoms with van der Waals surface area (Å²) in [5.41, 5.74) is 10.3. The number of hydrogen-bond acceptors (Lipinski definition) is 2. The summed E-state index contributed by atoms with van der Waals surface area (Å²) in [7, 11) is 0. The second kappa shape index (κ2) is 6.00. The standard InChI is InChI=1S/C26H20N2/c1-3-13-21-17(9-1)19-11-5-7-15-23(19)27-25(21)26-22-14-4-2-10-18(22)20-12-6-8-16-24(20)28-26/h1-16,25-28H. The van der Waals surface area contributed by atoms with Crippen LogP contribution < -0.4 is 10.6 Å². The van der Waals surface area contributed by atoms with E-state index in [1.165, 1.54) is 44.8 Å². The predicted molar refractivity (Wildman–Crippen MR) is 116 cm³/mol. The van der Waals surface area contributed by atoms with Gasteiger partial charge in [-0.05, 0) is 34.4 Å². The molecule has 2 heterocycles. The lowest BCUT2D eigenvalue weighted by Crippen LogP contribution is -2.30. The molecule has 0 bridgehead atoms. The molecule has 2 atom stereocenters. The zero-order valence-corrected chi connectivity index (χ0v) is 15.4. The van der Waals surface area contributed by atoms with Crippen molar-refractivity contribution in [3.8, 4) is 22.3 Å². The van der Waals surface area contributed by atoms with Gasteiger partial charge in [0.15, 0.2) is 0 Å². The van der Waals surface area contributed by atoms with Crippen molar-refractivity contribution in [1.82, 2.24) is 0 Å². The monoisotopic (exact) mass is 360 g/mol. The Morgan fingerprint density at radius 2 is 0.750 bits per heavy atom. The first kappa shape index (κ1) is 15.5. The van der Waals surface area contributed by atoms with Crippen LogP contribution in [0.4, 0.5) is 11.4 Å². The van der Waals surface area contributed by atoms with Gasteiger partial charge in [0.05, 0.1) is 12.1 Å². The van der Waals surface area contributed by atoms with Crippen LogP contribution in [-0.2, 0) is 0 Å². The number of rotatable bonds is 1. The van der Waals surface area contributed by atoms with Gasteiger partial charge in [0.1, 0.15) is 0 Å². The summed E-state index contributed by atoms with van der Waals surface area (Å²) in [6.45, 7) is 0. The lowest BCUT2D eigenvalue weighted by molar-refractivity contribution is 0.644. The Bertz CT molecular complexity index is 1100. The minimum absolute atomic E-state index is 0.153. The maximum atomic E-state index is 3.83. The van der Waals surface area contributed by atoms with Crippen molar-refractivity contribution < 1.29 is 0 Å². The quantitative estimate of drug-likeness (QED) is 0.397. The fourth-order valence-electron chi connectivity index (χ4n) is 4.73. The summed E-state index contributed by atoms with van der Waals surface area (Å²) in [4.78, 5) is 0. The zero-order chi connectivity index (χ0) is 18.5. The number of anilines is 2. The molecule has 0 spiro atoms. The third-order valence-corrected chi connectivity index (χ3v) is 5.98. The molecule has 0 amide bonds. The first-order chi connectivity index (χ1) is 13.9. The lowest BCUT2D eigenvalue weighted by Gasteiger charge is -2.39. The van der Waals surface area contributed by atoms with Gasteiger partial charge in [-0.25, -0.2) is 0 Å². The molecule has 2 unspecified atom stereocenters. The van der Waals surface area contributed by atoms with Crippen molar-refractivity contribution in [2.75, 3.05) is 10.6 Å². The highest BCUT2D eigenvalue weighted by molar-refractivity contribution is 5.87. The van der Waals surface area contributed by atoms with Crippen LogP contribution in [0.5, 0.6) is 0 Å². The van der Waals surface area contributed by atoms with E-state index in [0.29, 0.717) is 0 Å². The van der Waals surface area contributed by atoms with Gasteiger partial charge in [-0.3, -0.25) is 0 Å². The van der Waals surface area contributed by atoms with E-state index in [-0.39, 0.29) is 12.1 Å². The van der Waals surface area contributed by atoms with Gasteiger partial charge in [-0.2, -0.15) is 0 Å². The van der Waals surface area contributed by atoms with E-state index < -0.39 is 0 Å². The third-order valence-electron chi connectivity index (χ3n) is 5.98. The van der Waals surface area contributed by atoms with Crippen LogP contribution in [0.25, 0.3) is 22.3 Å². The lowest BCUT2D eigenvalue weighted by atomic mass is 9.80. The van der Waals surface area contributed by atoms with E-state index >= 15 is 0 Å². The summed E-state index contributed by atoms with van der Waals surface area (Å²) in [6.07, 6.45) is 0. The Kier molecular flexibility index (Phi) is 3.33. The number of hydrogen-bond donors (Lipinski definition) is 2. The summed E-state index contributed by atoms with van der Waals surface area (Å²) in [5, 5.41) is 7.66. The maximum absolute atomic E-state index is 3.83. The van der Waals surface area contributed by atoms with Crippen molar-refractivity contribution in [2.24, 2.45) is 0 Å². The second-order valence-corrected chi connectivity index (χ2v) is 7.51. The Labute approximate surface area is 164 Å². The molecule has 0 saturated carbocycles. The van der Waals surface area contributed by atoms with Crippen LogP contribution in [0.2, 0.25) is 0 Å². The molecule has 2 aliphatic rings. The Morgan fingerprint density at radius 3 is 1.21 bits per heavy atom. The molecule has 0 fully saturated rings. The minimum Gasteiger partial charge on any atom is -0.375 e. The van der Waals surface area contributed by atoms with Crippen LogP contribution in [0, 0.1) is 0 Å². The maximum Gasteiger partial charge on any atom is 0.0763 e. The Morgan fingerprint density at radius 1 is 0.393 bits per heavy atom. The highest BCUT2D eigenvalue weighted by Gasteiger charge is 2.34. The average molecular weight is 360 g/mol. The van der Waals surface area contributed by atoms with Crippen LogP contribution in [-0.4, -0.2) is 0 Å². The first-order valence-electron chi connectivity index (χ1n) is 9.80. The van der Waals surface area contributed by atoms with Crippen LogP contribution in [0.1, 0.15) is 23.2 Å². The van der Waals surface area contributed by atoms with E-state index in [9.17, 15) is 0 Å². The minimum atomic E-state index is 0.153. The zero-order valence-electron chi connectivity index (χ0n) is 15.4. The van der Waals surface area contributed by atoms with Crippen molar-refractivity contribution in [2.45, 2.75) is 12.1 Å². The van der Waals surface area contributed by atoms with Crippen molar-refractivity contribution in [3.63, 3.8) is 0 Å². The number of nitrogens with one attached hydrogen (secondary N) is 2. The van der Waals surface area contributed by atoms with Crippen molar-refractivity contribution >= 4 is 11.4 Å². The summed E-state index contributed by atoms with van der Waals surface area (Å²) in [6, 6.07) is 35.1. The SMILES string of the molecule is c1ccc2c(c1)NC(C1Nc3ccccc3-c3ccccc31)c1ccccc1-2. The molecule has 0 aliphatic carbocycles. The van der Waals surface area contributed by atoms with Gasteiger partial charge >= 0.3 is 0 Å². The molecule has 0 saturated heterocycles. The summed E-state index contributed by atoms with van der Waals surface area (Å²) < 4.78 is 0. The van der Waals surface area contributed by atoms with Gasteiger partial charge in [0.2, 0.25) is 0 Å². The topological polar surface area (TPSA) is 24.1 Å². The number of para-hydroxylation sites is 2. The molecule has 2 nitrogen and oxygen atoms in total.